The first-order valence-electron chi connectivity index (χ1n) is 3.31. The van der Waals surface area contributed by atoms with Crippen LogP contribution in [0.15, 0.2) is 28.0 Å². The van der Waals surface area contributed by atoms with E-state index in [0.717, 1.165) is 12.1 Å². The number of hydrogen-bond donors (Lipinski definition) is 0. The Balaban J connectivity index is 3.57. The molecule has 9 heteroatoms. The molecule has 0 aliphatic carbocycles. The molecule has 0 aliphatic rings. The molecule has 0 heterocycles. The largest absolute Gasteiger partial charge is 0.332 e. The van der Waals surface area contributed by atoms with Gasteiger partial charge in [-0.3, -0.25) is 0 Å². The van der Waals surface area contributed by atoms with E-state index in [2.05, 4.69) is 0 Å². The van der Waals surface area contributed by atoms with Gasteiger partial charge in [0.25, 0.3) is 9.05 Å². The number of rotatable bonds is 2. The third-order valence-electron chi connectivity index (χ3n) is 1.45. The molecule has 0 amide bonds. The molecule has 1 rings (SSSR count). The van der Waals surface area contributed by atoms with E-state index >= 15 is 0 Å². The monoisotopic (exact) mass is 292 g/mol. The lowest BCUT2D eigenvalue weighted by Gasteiger charge is -2.01. The zero-order valence-corrected chi connectivity index (χ0v) is 9.96. The van der Waals surface area contributed by atoms with Gasteiger partial charge in [0.2, 0.25) is 0 Å². The summed E-state index contributed by atoms with van der Waals surface area (Å²) in [6.07, 6.45) is 0. The normalized spacial score (nSPS) is 12.7. The molecule has 0 fully saturated rings. The van der Waals surface area contributed by atoms with Crippen LogP contribution in [0.1, 0.15) is 0 Å². The fourth-order valence-electron chi connectivity index (χ4n) is 0.822. The van der Waals surface area contributed by atoms with Crippen molar-refractivity contribution in [3.8, 4) is 0 Å². The van der Waals surface area contributed by atoms with Gasteiger partial charge in [-0.2, -0.15) is 8.42 Å². The van der Waals surface area contributed by atoms with Gasteiger partial charge in [-0.1, -0.05) is 11.6 Å². The first-order valence-corrected chi connectivity index (χ1v) is 7.38. The van der Waals surface area contributed by atoms with Gasteiger partial charge < -0.3 is 0 Å². The molecular formula is C6H3Cl2FO4S2. The molecule has 0 radical (unpaired) electrons. The average Bonchev–Trinajstić information content (AvgIpc) is 2.00. The van der Waals surface area contributed by atoms with Crippen LogP contribution in [0.3, 0.4) is 0 Å². The van der Waals surface area contributed by atoms with Crippen molar-refractivity contribution in [2.75, 3.05) is 0 Å². The van der Waals surface area contributed by atoms with E-state index in [0.29, 0.717) is 6.07 Å². The highest BCUT2D eigenvalue weighted by Gasteiger charge is 2.20. The predicted octanol–water partition coefficient (Wildman–Crippen LogP) is 1.93. The van der Waals surface area contributed by atoms with Crippen molar-refractivity contribution in [1.29, 1.82) is 0 Å². The Kier molecular flexibility index (Phi) is 3.30. The van der Waals surface area contributed by atoms with Crippen LogP contribution in [0.4, 0.5) is 3.89 Å². The van der Waals surface area contributed by atoms with Gasteiger partial charge in [0.05, 0.1) is 9.92 Å². The van der Waals surface area contributed by atoms with Crippen molar-refractivity contribution in [1.82, 2.24) is 0 Å². The lowest BCUT2D eigenvalue weighted by atomic mass is 10.4. The Morgan fingerprint density at radius 3 is 2.07 bits per heavy atom. The SMILES string of the molecule is O=S(=O)(F)c1ccc(Cl)c(S(=O)(=O)Cl)c1. The maximum Gasteiger partial charge on any atom is 0.332 e. The standard InChI is InChI=1S/C6H3Cl2FO4S2/c7-5-2-1-4(15(9,12)13)3-6(5)14(8,10)11/h1-3H. The van der Waals surface area contributed by atoms with Gasteiger partial charge in [0.1, 0.15) is 4.90 Å². The van der Waals surface area contributed by atoms with Crippen LogP contribution in [0.2, 0.25) is 5.02 Å². The topological polar surface area (TPSA) is 68.3 Å². The molecule has 1 aromatic rings. The highest BCUT2D eigenvalue weighted by atomic mass is 35.7. The second-order valence-corrected chi connectivity index (χ2v) is 6.76. The van der Waals surface area contributed by atoms with E-state index in [1.807, 2.05) is 0 Å². The smallest absolute Gasteiger partial charge is 0.207 e. The lowest BCUT2D eigenvalue weighted by Crippen LogP contribution is -1.97. The molecule has 0 saturated heterocycles. The summed E-state index contributed by atoms with van der Waals surface area (Å²) in [5.74, 6) is 0. The summed E-state index contributed by atoms with van der Waals surface area (Å²) in [6.45, 7) is 0. The van der Waals surface area contributed by atoms with Crippen molar-refractivity contribution in [2.24, 2.45) is 0 Å². The van der Waals surface area contributed by atoms with E-state index < -0.39 is 29.1 Å². The second-order valence-electron chi connectivity index (χ2n) is 2.47. The molecule has 15 heavy (non-hydrogen) atoms. The molecule has 0 saturated carbocycles. The maximum atomic E-state index is 12.5. The van der Waals surface area contributed by atoms with Gasteiger partial charge in [0.15, 0.2) is 0 Å². The van der Waals surface area contributed by atoms with Crippen molar-refractivity contribution in [2.45, 2.75) is 9.79 Å². The van der Waals surface area contributed by atoms with Crippen molar-refractivity contribution >= 4 is 41.6 Å². The summed E-state index contributed by atoms with van der Waals surface area (Å²) in [5, 5.41) is -0.280. The van der Waals surface area contributed by atoms with E-state index in [9.17, 15) is 20.7 Å². The van der Waals surface area contributed by atoms with Gasteiger partial charge >= 0.3 is 10.2 Å². The summed E-state index contributed by atoms with van der Waals surface area (Å²) < 4.78 is 55.3. The fraction of sp³-hybridized carbons (Fsp3) is 0. The first-order chi connectivity index (χ1) is 6.62. The first kappa shape index (κ1) is 12.7. The Morgan fingerprint density at radius 2 is 1.67 bits per heavy atom. The highest BCUT2D eigenvalue weighted by molar-refractivity contribution is 8.13. The molecule has 0 aromatic heterocycles. The molecule has 1 aromatic carbocycles. The predicted molar refractivity (Wildman–Crippen MR) is 52.8 cm³/mol. The fourth-order valence-corrected chi connectivity index (χ4v) is 2.88. The molecule has 84 valence electrons. The van der Waals surface area contributed by atoms with Crippen LogP contribution in [-0.4, -0.2) is 16.8 Å². The van der Waals surface area contributed by atoms with Crippen molar-refractivity contribution in [3.05, 3.63) is 23.2 Å². The van der Waals surface area contributed by atoms with Crippen LogP contribution >= 0.6 is 22.3 Å². The zero-order chi connectivity index (χ0) is 11.9. The average molecular weight is 293 g/mol. The number of hydrogen-bond acceptors (Lipinski definition) is 4. The maximum absolute atomic E-state index is 12.5. The molecule has 4 nitrogen and oxygen atoms in total. The molecule has 0 N–H and O–H groups in total. The summed E-state index contributed by atoms with van der Waals surface area (Å²) in [4.78, 5) is -1.46. The Labute approximate surface area is 95.3 Å². The summed E-state index contributed by atoms with van der Waals surface area (Å²) in [6, 6.07) is 2.33. The van der Waals surface area contributed by atoms with Gasteiger partial charge in [0, 0.05) is 10.7 Å². The number of halogens is 3. The third kappa shape index (κ3) is 3.04. The molecule has 0 atom stereocenters. The summed E-state index contributed by atoms with van der Waals surface area (Å²) >= 11 is 5.45. The van der Waals surface area contributed by atoms with E-state index in [1.54, 1.807) is 0 Å². The number of benzene rings is 1. The van der Waals surface area contributed by atoms with E-state index in [1.165, 1.54) is 0 Å². The summed E-state index contributed by atoms with van der Waals surface area (Å²) in [5.41, 5.74) is 0. The van der Waals surface area contributed by atoms with E-state index in [-0.39, 0.29) is 5.02 Å². The minimum atomic E-state index is -4.98. The molecule has 0 bridgehead atoms. The lowest BCUT2D eigenvalue weighted by molar-refractivity contribution is 0.552. The van der Waals surface area contributed by atoms with Gasteiger partial charge in [-0.25, -0.2) is 8.42 Å². The van der Waals surface area contributed by atoms with Crippen molar-refractivity contribution < 1.29 is 20.7 Å². The molecule has 0 spiro atoms. The van der Waals surface area contributed by atoms with Crippen LogP contribution in [0, 0.1) is 0 Å². The minimum Gasteiger partial charge on any atom is -0.207 e. The van der Waals surface area contributed by atoms with Crippen LogP contribution < -0.4 is 0 Å². The zero-order valence-electron chi connectivity index (χ0n) is 6.82. The van der Waals surface area contributed by atoms with Crippen LogP contribution in [-0.2, 0) is 19.3 Å². The Morgan fingerprint density at radius 1 is 1.13 bits per heavy atom. The van der Waals surface area contributed by atoms with Gasteiger partial charge in [-0.15, -0.1) is 3.89 Å². The van der Waals surface area contributed by atoms with Crippen molar-refractivity contribution in [3.63, 3.8) is 0 Å². The second kappa shape index (κ2) is 3.89. The Bertz CT molecular complexity index is 594. The molecular weight excluding hydrogens is 290 g/mol. The van der Waals surface area contributed by atoms with Crippen LogP contribution in [0.5, 0.6) is 0 Å². The van der Waals surface area contributed by atoms with Gasteiger partial charge in [-0.05, 0) is 18.2 Å². The van der Waals surface area contributed by atoms with Crippen LogP contribution in [0.25, 0.3) is 0 Å². The third-order valence-corrected chi connectivity index (χ3v) is 4.07. The minimum absolute atomic E-state index is 0.280. The quantitative estimate of drug-likeness (QED) is 0.781. The van der Waals surface area contributed by atoms with E-state index in [4.69, 9.17) is 22.3 Å². The molecule has 0 unspecified atom stereocenters. The highest BCUT2D eigenvalue weighted by Crippen LogP contribution is 2.27. The molecule has 0 aliphatic heterocycles. The Hall–Kier alpha value is -0.370. The summed E-state index contributed by atoms with van der Waals surface area (Å²) in [7, 11) is -4.23.